The van der Waals surface area contributed by atoms with E-state index in [0.717, 1.165) is 45.2 Å². The van der Waals surface area contributed by atoms with Crippen LogP contribution in [0.5, 0.6) is 0 Å². The molecule has 4 heteroatoms. The highest BCUT2D eigenvalue weighted by atomic mass is 16.3. The summed E-state index contributed by atoms with van der Waals surface area (Å²) < 4.78 is 0. The summed E-state index contributed by atoms with van der Waals surface area (Å²) in [7, 11) is 0. The average Bonchev–Trinajstić information content (AvgIpc) is 2.88. The Kier molecular flexibility index (Phi) is 3.22. The molecule has 4 nitrogen and oxygen atoms in total. The molecule has 0 bridgehead atoms. The van der Waals surface area contributed by atoms with Crippen molar-refractivity contribution >= 4 is 5.91 Å². The summed E-state index contributed by atoms with van der Waals surface area (Å²) in [6.45, 7) is 3.86. The molecule has 1 aliphatic carbocycles. The maximum Gasteiger partial charge on any atom is 0.240 e. The Bertz CT molecular complexity index is 268. The van der Waals surface area contributed by atoms with Gasteiger partial charge < -0.3 is 15.7 Å². The van der Waals surface area contributed by atoms with Crippen LogP contribution >= 0.6 is 0 Å². The van der Waals surface area contributed by atoms with E-state index in [1.165, 1.54) is 0 Å². The van der Waals surface area contributed by atoms with Gasteiger partial charge in [0.2, 0.25) is 5.91 Å². The van der Waals surface area contributed by atoms with Crippen LogP contribution in [0.3, 0.4) is 0 Å². The predicted octanol–water partition coefficient (Wildman–Crippen LogP) is 0.407. The Labute approximate surface area is 96.8 Å². The summed E-state index contributed by atoms with van der Waals surface area (Å²) in [4.78, 5) is 12.0. The minimum atomic E-state index is -0.366. The van der Waals surface area contributed by atoms with E-state index >= 15 is 0 Å². The molecule has 0 aromatic heterocycles. The SMILES string of the molecule is CC1(C(=O)NCC2(CCO)CC2)CCCN1. The van der Waals surface area contributed by atoms with Gasteiger partial charge in [-0.05, 0) is 51.0 Å². The van der Waals surface area contributed by atoms with E-state index < -0.39 is 0 Å². The van der Waals surface area contributed by atoms with Gasteiger partial charge in [0.15, 0.2) is 0 Å². The molecule has 2 aliphatic rings. The van der Waals surface area contributed by atoms with Crippen LogP contribution in [0.1, 0.15) is 39.0 Å². The van der Waals surface area contributed by atoms with Gasteiger partial charge in [0.25, 0.3) is 0 Å². The Hall–Kier alpha value is -0.610. The average molecular weight is 226 g/mol. The molecule has 1 heterocycles. The first-order chi connectivity index (χ1) is 7.60. The molecular formula is C12H22N2O2. The number of hydrogen-bond donors (Lipinski definition) is 3. The van der Waals surface area contributed by atoms with E-state index in [9.17, 15) is 4.79 Å². The standard InChI is InChI=1S/C12H22N2O2/c1-11(3-2-7-14-11)10(16)13-9-12(4-5-12)6-8-15/h14-15H,2-9H2,1H3,(H,13,16). The smallest absolute Gasteiger partial charge is 0.240 e. The minimum absolute atomic E-state index is 0.120. The van der Waals surface area contributed by atoms with E-state index in [1.807, 2.05) is 6.92 Å². The quantitative estimate of drug-likeness (QED) is 0.636. The monoisotopic (exact) mass is 226 g/mol. The molecule has 0 radical (unpaired) electrons. The molecule has 1 aliphatic heterocycles. The number of carbonyl (C=O) groups is 1. The fourth-order valence-electron chi connectivity index (χ4n) is 2.48. The van der Waals surface area contributed by atoms with Crippen LogP contribution in [0.25, 0.3) is 0 Å². The number of amides is 1. The van der Waals surface area contributed by atoms with Gasteiger partial charge in [0.1, 0.15) is 0 Å². The van der Waals surface area contributed by atoms with Crippen LogP contribution in [0.2, 0.25) is 0 Å². The topological polar surface area (TPSA) is 61.4 Å². The van der Waals surface area contributed by atoms with Gasteiger partial charge in [-0.2, -0.15) is 0 Å². The molecule has 2 fully saturated rings. The minimum Gasteiger partial charge on any atom is -0.396 e. The summed E-state index contributed by atoms with van der Waals surface area (Å²) in [5, 5.41) is 15.2. The van der Waals surface area contributed by atoms with Crippen molar-refractivity contribution in [1.29, 1.82) is 0 Å². The molecule has 16 heavy (non-hydrogen) atoms. The summed E-state index contributed by atoms with van der Waals surface area (Å²) in [6, 6.07) is 0. The van der Waals surface area contributed by atoms with Gasteiger partial charge in [0, 0.05) is 13.2 Å². The number of rotatable bonds is 5. The Morgan fingerprint density at radius 1 is 1.44 bits per heavy atom. The molecule has 0 aromatic rings. The lowest BCUT2D eigenvalue weighted by molar-refractivity contribution is -0.126. The van der Waals surface area contributed by atoms with Gasteiger partial charge >= 0.3 is 0 Å². The van der Waals surface area contributed by atoms with Gasteiger partial charge in [0.05, 0.1) is 5.54 Å². The van der Waals surface area contributed by atoms with Gasteiger partial charge in [-0.1, -0.05) is 0 Å². The second-order valence-corrected chi connectivity index (χ2v) is 5.52. The second kappa shape index (κ2) is 4.34. The van der Waals surface area contributed by atoms with E-state index in [-0.39, 0.29) is 23.5 Å². The van der Waals surface area contributed by atoms with Crippen LogP contribution in [0.4, 0.5) is 0 Å². The third-order valence-electron chi connectivity index (χ3n) is 4.09. The molecule has 1 saturated carbocycles. The largest absolute Gasteiger partial charge is 0.396 e. The normalized spacial score (nSPS) is 31.4. The molecule has 1 atom stereocenters. The van der Waals surface area contributed by atoms with Gasteiger partial charge in [-0.25, -0.2) is 0 Å². The van der Waals surface area contributed by atoms with Crippen molar-refractivity contribution in [2.45, 2.75) is 44.6 Å². The van der Waals surface area contributed by atoms with Crippen molar-refractivity contribution in [2.24, 2.45) is 5.41 Å². The first-order valence-electron chi connectivity index (χ1n) is 6.25. The molecule has 1 saturated heterocycles. The number of aliphatic hydroxyl groups excluding tert-OH is 1. The van der Waals surface area contributed by atoms with Gasteiger partial charge in [-0.3, -0.25) is 4.79 Å². The zero-order valence-corrected chi connectivity index (χ0v) is 10.0. The highest BCUT2D eigenvalue weighted by Gasteiger charge is 2.43. The zero-order valence-electron chi connectivity index (χ0n) is 10.0. The van der Waals surface area contributed by atoms with Crippen LogP contribution in [-0.4, -0.2) is 36.2 Å². The van der Waals surface area contributed by atoms with Crippen molar-refractivity contribution < 1.29 is 9.90 Å². The fourth-order valence-corrected chi connectivity index (χ4v) is 2.48. The fraction of sp³-hybridized carbons (Fsp3) is 0.917. The van der Waals surface area contributed by atoms with Crippen LogP contribution in [0.15, 0.2) is 0 Å². The van der Waals surface area contributed by atoms with E-state index in [2.05, 4.69) is 10.6 Å². The van der Waals surface area contributed by atoms with Crippen LogP contribution in [-0.2, 0) is 4.79 Å². The van der Waals surface area contributed by atoms with Crippen molar-refractivity contribution in [3.8, 4) is 0 Å². The molecule has 0 spiro atoms. The summed E-state index contributed by atoms with van der Waals surface area (Å²) >= 11 is 0. The molecule has 1 amide bonds. The zero-order chi connectivity index (χ0) is 11.6. The highest BCUT2D eigenvalue weighted by Crippen LogP contribution is 2.47. The van der Waals surface area contributed by atoms with Gasteiger partial charge in [-0.15, -0.1) is 0 Å². The molecule has 1 unspecified atom stereocenters. The molecular weight excluding hydrogens is 204 g/mol. The van der Waals surface area contributed by atoms with E-state index in [0.29, 0.717) is 0 Å². The molecule has 3 N–H and O–H groups in total. The Morgan fingerprint density at radius 3 is 2.69 bits per heavy atom. The van der Waals surface area contributed by atoms with Crippen molar-refractivity contribution in [3.05, 3.63) is 0 Å². The molecule has 92 valence electrons. The lowest BCUT2D eigenvalue weighted by Gasteiger charge is -2.25. The lowest BCUT2D eigenvalue weighted by Crippen LogP contribution is -2.52. The van der Waals surface area contributed by atoms with Crippen molar-refractivity contribution in [1.82, 2.24) is 10.6 Å². The number of nitrogens with one attached hydrogen (secondary N) is 2. The van der Waals surface area contributed by atoms with E-state index in [1.54, 1.807) is 0 Å². The number of hydrogen-bond acceptors (Lipinski definition) is 3. The molecule has 0 aromatic carbocycles. The highest BCUT2D eigenvalue weighted by molar-refractivity contribution is 5.86. The maximum atomic E-state index is 12.0. The first-order valence-corrected chi connectivity index (χ1v) is 6.25. The summed E-state index contributed by atoms with van der Waals surface area (Å²) in [5.74, 6) is 0.120. The predicted molar refractivity (Wildman–Crippen MR) is 62.0 cm³/mol. The van der Waals surface area contributed by atoms with Crippen LogP contribution < -0.4 is 10.6 Å². The second-order valence-electron chi connectivity index (χ2n) is 5.52. The Balaban J connectivity index is 1.79. The third kappa shape index (κ3) is 2.38. The summed E-state index contributed by atoms with van der Waals surface area (Å²) in [5.41, 5.74) is -0.158. The van der Waals surface area contributed by atoms with Crippen molar-refractivity contribution in [2.75, 3.05) is 19.7 Å². The molecule has 2 rings (SSSR count). The maximum absolute atomic E-state index is 12.0. The third-order valence-corrected chi connectivity index (χ3v) is 4.09. The first kappa shape index (κ1) is 11.9. The number of aliphatic hydroxyl groups is 1. The van der Waals surface area contributed by atoms with E-state index in [4.69, 9.17) is 5.11 Å². The summed E-state index contributed by atoms with van der Waals surface area (Å²) in [6.07, 6.45) is 5.09. The van der Waals surface area contributed by atoms with Crippen molar-refractivity contribution in [3.63, 3.8) is 0 Å². The number of carbonyl (C=O) groups excluding carboxylic acids is 1. The lowest BCUT2D eigenvalue weighted by atomic mass is 9.98. The van der Waals surface area contributed by atoms with Crippen LogP contribution in [0, 0.1) is 5.41 Å². The Morgan fingerprint density at radius 2 is 2.19 bits per heavy atom.